The first-order valence-electron chi connectivity index (χ1n) is 8.13. The number of hydrogen-bond donors (Lipinski definition) is 2. The third-order valence-corrected chi connectivity index (χ3v) is 5.79. The molecule has 0 bridgehead atoms. The fraction of sp³-hybridized carbons (Fsp3) is 0.211. The van der Waals surface area contributed by atoms with E-state index < -0.39 is 0 Å². The maximum absolute atomic E-state index is 12.2. The number of benzene rings is 2. The van der Waals surface area contributed by atoms with Crippen LogP contribution in [-0.2, 0) is 6.42 Å². The Bertz CT molecular complexity index is 847. The van der Waals surface area contributed by atoms with Crippen molar-refractivity contribution in [3.05, 3.63) is 60.3 Å². The van der Waals surface area contributed by atoms with E-state index in [0.717, 1.165) is 39.6 Å². The average molecular weight is 374 g/mol. The van der Waals surface area contributed by atoms with Gasteiger partial charge in [-0.25, -0.2) is 4.79 Å². The SMILES string of the molecule is C[NH+](C)CCc1c[nH]c2cccc(OC(=O)SSc3ccccc3)c12. The van der Waals surface area contributed by atoms with Crippen LogP contribution in [0.2, 0.25) is 0 Å². The zero-order valence-corrected chi connectivity index (χ0v) is 15.9. The van der Waals surface area contributed by atoms with Crippen molar-refractivity contribution in [3.63, 3.8) is 0 Å². The standard InChI is InChI=1S/C19H20N2O2S2/c1-21(2)12-11-14-13-20-16-9-6-10-17(18(14)16)23-19(22)25-24-15-7-4-3-5-8-15/h3-10,13,20H,11-12H2,1-2H3/p+1. The number of rotatable bonds is 6. The lowest BCUT2D eigenvalue weighted by Crippen LogP contribution is -3.05. The highest BCUT2D eigenvalue weighted by atomic mass is 33.1. The van der Waals surface area contributed by atoms with Crippen molar-refractivity contribution in [2.45, 2.75) is 11.3 Å². The fourth-order valence-corrected chi connectivity index (χ4v) is 4.04. The third-order valence-electron chi connectivity index (χ3n) is 3.79. The van der Waals surface area contributed by atoms with Crippen LogP contribution in [0.4, 0.5) is 4.79 Å². The van der Waals surface area contributed by atoms with Crippen LogP contribution < -0.4 is 9.64 Å². The monoisotopic (exact) mass is 373 g/mol. The number of likely N-dealkylation sites (N-methyl/N-ethyl adjacent to an activating group) is 1. The molecule has 0 saturated carbocycles. The van der Waals surface area contributed by atoms with Gasteiger partial charge in [0.05, 0.1) is 20.6 Å². The topological polar surface area (TPSA) is 46.5 Å². The largest absolute Gasteiger partial charge is 0.417 e. The molecule has 6 heteroatoms. The van der Waals surface area contributed by atoms with Gasteiger partial charge in [-0.15, -0.1) is 0 Å². The minimum atomic E-state index is -0.313. The van der Waals surface area contributed by atoms with Crippen molar-refractivity contribution in [1.29, 1.82) is 0 Å². The third kappa shape index (κ3) is 4.81. The number of aromatic amines is 1. The van der Waals surface area contributed by atoms with Crippen LogP contribution in [0.1, 0.15) is 5.56 Å². The molecule has 0 unspecified atom stereocenters. The normalized spacial score (nSPS) is 11.2. The first-order valence-corrected chi connectivity index (χ1v) is 10.3. The second-order valence-corrected chi connectivity index (χ2v) is 8.17. The molecule has 25 heavy (non-hydrogen) atoms. The molecule has 2 N–H and O–H groups in total. The lowest BCUT2D eigenvalue weighted by molar-refractivity contribution is -0.858. The summed E-state index contributed by atoms with van der Waals surface area (Å²) in [6.07, 6.45) is 2.94. The van der Waals surface area contributed by atoms with E-state index in [-0.39, 0.29) is 5.30 Å². The van der Waals surface area contributed by atoms with E-state index in [0.29, 0.717) is 5.75 Å². The van der Waals surface area contributed by atoms with Gasteiger partial charge in [0, 0.05) is 39.2 Å². The summed E-state index contributed by atoms with van der Waals surface area (Å²) >= 11 is 0. The van der Waals surface area contributed by atoms with Crippen molar-refractivity contribution in [1.82, 2.24) is 4.98 Å². The maximum Gasteiger partial charge on any atom is 0.383 e. The van der Waals surface area contributed by atoms with Gasteiger partial charge >= 0.3 is 5.30 Å². The number of ether oxygens (including phenoxy) is 1. The number of quaternary nitrogens is 1. The molecular weight excluding hydrogens is 352 g/mol. The molecule has 4 nitrogen and oxygen atoms in total. The van der Waals surface area contributed by atoms with Gasteiger partial charge in [-0.1, -0.05) is 24.3 Å². The van der Waals surface area contributed by atoms with Crippen molar-refractivity contribution >= 4 is 37.8 Å². The molecule has 0 atom stereocenters. The molecular formula is C19H21N2O2S2+. The summed E-state index contributed by atoms with van der Waals surface area (Å²) in [6.45, 7) is 1.02. The molecule has 0 spiro atoms. The van der Waals surface area contributed by atoms with Crippen LogP contribution >= 0.6 is 21.6 Å². The second-order valence-electron chi connectivity index (χ2n) is 6.03. The number of H-pyrrole nitrogens is 1. The van der Waals surface area contributed by atoms with Crippen LogP contribution in [-0.4, -0.2) is 30.9 Å². The van der Waals surface area contributed by atoms with Crippen LogP contribution in [0.15, 0.2) is 59.6 Å². The summed E-state index contributed by atoms with van der Waals surface area (Å²) in [4.78, 5) is 17.9. The Balaban J connectivity index is 1.71. The molecule has 0 radical (unpaired) electrons. The molecule has 2 aromatic carbocycles. The first kappa shape index (κ1) is 17.9. The van der Waals surface area contributed by atoms with Gasteiger partial charge in [0.25, 0.3) is 0 Å². The van der Waals surface area contributed by atoms with Gasteiger partial charge in [-0.2, -0.15) is 0 Å². The average Bonchev–Trinajstić information content (AvgIpc) is 3.03. The number of carbonyl (C=O) groups is 1. The highest BCUT2D eigenvalue weighted by Gasteiger charge is 2.14. The van der Waals surface area contributed by atoms with Crippen molar-refractivity contribution in [3.8, 4) is 5.75 Å². The van der Waals surface area contributed by atoms with Gasteiger partial charge < -0.3 is 14.6 Å². The first-order chi connectivity index (χ1) is 12.1. The molecule has 1 aromatic heterocycles. The summed E-state index contributed by atoms with van der Waals surface area (Å²) in [7, 11) is 6.77. The van der Waals surface area contributed by atoms with Crippen molar-refractivity contribution in [2.24, 2.45) is 0 Å². The Labute approximate surface area is 155 Å². The number of aromatic nitrogens is 1. The molecule has 3 rings (SSSR count). The van der Waals surface area contributed by atoms with Crippen molar-refractivity contribution in [2.75, 3.05) is 20.6 Å². The Morgan fingerprint density at radius 2 is 1.92 bits per heavy atom. The predicted molar refractivity (Wildman–Crippen MR) is 106 cm³/mol. The lowest BCUT2D eigenvalue weighted by atomic mass is 10.1. The smallest absolute Gasteiger partial charge is 0.383 e. The van der Waals surface area contributed by atoms with E-state index in [1.807, 2.05) is 54.7 Å². The zero-order chi connectivity index (χ0) is 17.6. The highest BCUT2D eigenvalue weighted by Crippen LogP contribution is 2.35. The molecule has 0 aliphatic rings. The van der Waals surface area contributed by atoms with Gasteiger partial charge in [-0.3, -0.25) is 0 Å². The van der Waals surface area contributed by atoms with Crippen molar-refractivity contribution < 1.29 is 14.4 Å². The Morgan fingerprint density at radius 1 is 1.12 bits per heavy atom. The van der Waals surface area contributed by atoms with Crippen LogP contribution in [0, 0.1) is 0 Å². The Kier molecular flexibility index (Phi) is 6.07. The fourth-order valence-electron chi connectivity index (χ4n) is 2.55. The summed E-state index contributed by atoms with van der Waals surface area (Å²) in [5.74, 6) is 0.619. The molecule has 0 amide bonds. The van der Waals surface area contributed by atoms with Gasteiger partial charge in [0.2, 0.25) is 0 Å². The zero-order valence-electron chi connectivity index (χ0n) is 14.2. The van der Waals surface area contributed by atoms with Gasteiger partial charge in [-0.05, 0) is 40.6 Å². The molecule has 130 valence electrons. The van der Waals surface area contributed by atoms with E-state index >= 15 is 0 Å². The van der Waals surface area contributed by atoms with E-state index in [4.69, 9.17) is 4.74 Å². The summed E-state index contributed by atoms with van der Waals surface area (Å²) in [5, 5.41) is 0.689. The van der Waals surface area contributed by atoms with E-state index in [9.17, 15) is 4.79 Å². The Morgan fingerprint density at radius 3 is 2.68 bits per heavy atom. The lowest BCUT2D eigenvalue weighted by Gasteiger charge is -2.09. The molecule has 0 fully saturated rings. The molecule has 0 saturated heterocycles. The maximum atomic E-state index is 12.2. The molecule has 3 aromatic rings. The summed E-state index contributed by atoms with van der Waals surface area (Å²) in [5.41, 5.74) is 2.18. The molecule has 0 aliphatic carbocycles. The second kappa shape index (κ2) is 8.47. The van der Waals surface area contributed by atoms with Gasteiger partial charge in [0.15, 0.2) is 0 Å². The van der Waals surface area contributed by atoms with E-state index in [2.05, 4.69) is 19.1 Å². The highest BCUT2D eigenvalue weighted by molar-refractivity contribution is 8.82. The van der Waals surface area contributed by atoms with Crippen LogP contribution in [0.5, 0.6) is 5.75 Å². The number of nitrogens with one attached hydrogen (secondary N) is 2. The molecule has 0 aliphatic heterocycles. The van der Waals surface area contributed by atoms with Gasteiger partial charge in [0.1, 0.15) is 5.75 Å². The minimum Gasteiger partial charge on any atom is -0.417 e. The summed E-state index contributed by atoms with van der Waals surface area (Å²) in [6, 6.07) is 15.6. The van der Waals surface area contributed by atoms with Crippen LogP contribution in [0.3, 0.4) is 0 Å². The Hall–Kier alpha value is -1.89. The summed E-state index contributed by atoms with van der Waals surface area (Å²) < 4.78 is 5.63. The predicted octanol–water partition coefficient (Wildman–Crippen LogP) is 3.79. The number of fused-ring (bicyclic) bond motifs is 1. The van der Waals surface area contributed by atoms with E-state index in [1.165, 1.54) is 21.3 Å². The minimum absolute atomic E-state index is 0.313. The van der Waals surface area contributed by atoms with E-state index in [1.54, 1.807) is 0 Å². The van der Waals surface area contributed by atoms with Crippen LogP contribution in [0.25, 0.3) is 10.9 Å². The number of carbonyl (C=O) groups excluding carboxylic acids is 1. The number of hydrogen-bond acceptors (Lipinski definition) is 4. The molecule has 1 heterocycles. The quantitative estimate of drug-likeness (QED) is 0.510.